The van der Waals surface area contributed by atoms with Gasteiger partial charge >= 0.3 is 5.91 Å². The van der Waals surface area contributed by atoms with E-state index in [9.17, 15) is 9.59 Å². The van der Waals surface area contributed by atoms with Crippen LogP contribution >= 0.6 is 0 Å². The number of hydrogen-bond donors (Lipinski definition) is 1. The highest BCUT2D eigenvalue weighted by Crippen LogP contribution is 2.23. The number of nitrogens with one attached hydrogen (secondary N) is 1. The topological polar surface area (TPSA) is 78.7 Å². The fourth-order valence-electron chi connectivity index (χ4n) is 2.77. The summed E-state index contributed by atoms with van der Waals surface area (Å²) in [6.07, 6.45) is 2.49. The van der Waals surface area contributed by atoms with E-state index < -0.39 is 0 Å². The Kier molecular flexibility index (Phi) is 3.92. The molecule has 7 nitrogen and oxygen atoms in total. The average Bonchev–Trinajstić information content (AvgIpc) is 3.13. The molecule has 0 unspecified atom stereocenters. The lowest BCUT2D eigenvalue weighted by Crippen LogP contribution is -2.33. The van der Waals surface area contributed by atoms with Crippen molar-refractivity contribution in [1.29, 1.82) is 0 Å². The smallest absolute Gasteiger partial charge is 0.307 e. The number of fused-ring (bicyclic) bond motifs is 1. The van der Waals surface area contributed by atoms with E-state index in [1.807, 2.05) is 0 Å². The predicted octanol–water partition coefficient (Wildman–Crippen LogP) is 0.362. The minimum atomic E-state index is -0.280. The molecular formula is C14H20N4O3. The molecule has 1 N–H and O–H groups in total. The van der Waals surface area contributed by atoms with Crippen molar-refractivity contribution < 1.29 is 14.0 Å². The third-order valence-corrected chi connectivity index (χ3v) is 4.01. The molecule has 0 atom stereocenters. The van der Waals surface area contributed by atoms with E-state index >= 15 is 0 Å². The van der Waals surface area contributed by atoms with Crippen LogP contribution in [0.5, 0.6) is 0 Å². The van der Waals surface area contributed by atoms with Crippen molar-refractivity contribution in [2.75, 3.05) is 26.2 Å². The molecule has 2 amide bonds. The number of oxazole rings is 1. The molecule has 1 fully saturated rings. The largest absolute Gasteiger partial charge is 0.435 e. The quantitative estimate of drug-likeness (QED) is 0.867. The molecule has 21 heavy (non-hydrogen) atoms. The van der Waals surface area contributed by atoms with Crippen molar-refractivity contribution in [3.8, 4) is 0 Å². The molecule has 0 saturated carbocycles. The Hall–Kier alpha value is -1.89. The van der Waals surface area contributed by atoms with Gasteiger partial charge in [-0.2, -0.15) is 0 Å². The maximum absolute atomic E-state index is 12.0. The number of nitrogens with zero attached hydrogens (tertiary/aromatic N) is 3. The van der Waals surface area contributed by atoms with Crippen LogP contribution in [0.4, 0.5) is 0 Å². The van der Waals surface area contributed by atoms with E-state index in [1.165, 1.54) is 19.8 Å². The standard InChI is InChI=1S/C14H20N4O3/c1-10(19)18-8-11-12(9-18)21-14(16-11)13(20)15-4-7-17-5-2-3-6-17/h2-9H2,1H3,(H,15,20). The zero-order valence-electron chi connectivity index (χ0n) is 12.2. The first-order valence-corrected chi connectivity index (χ1v) is 7.38. The van der Waals surface area contributed by atoms with E-state index in [2.05, 4.69) is 15.2 Å². The normalized spacial score (nSPS) is 18.0. The Bertz CT molecular complexity index is 525. The van der Waals surface area contributed by atoms with E-state index in [4.69, 9.17) is 4.42 Å². The van der Waals surface area contributed by atoms with Crippen LogP contribution in [0.3, 0.4) is 0 Å². The van der Waals surface area contributed by atoms with Gasteiger partial charge in [-0.1, -0.05) is 0 Å². The molecule has 0 radical (unpaired) electrons. The van der Waals surface area contributed by atoms with Crippen molar-refractivity contribution in [3.63, 3.8) is 0 Å². The molecule has 0 aromatic carbocycles. The first kappa shape index (κ1) is 14.1. The zero-order valence-corrected chi connectivity index (χ0v) is 12.2. The Morgan fingerprint density at radius 2 is 2.05 bits per heavy atom. The van der Waals surface area contributed by atoms with Crippen molar-refractivity contribution in [2.24, 2.45) is 0 Å². The van der Waals surface area contributed by atoms with Crippen LogP contribution in [0.15, 0.2) is 4.42 Å². The zero-order chi connectivity index (χ0) is 14.8. The van der Waals surface area contributed by atoms with Gasteiger partial charge in [0.05, 0.1) is 13.1 Å². The number of likely N-dealkylation sites (tertiary alicyclic amines) is 1. The Labute approximate surface area is 123 Å². The number of rotatable bonds is 4. The second kappa shape index (κ2) is 5.85. The van der Waals surface area contributed by atoms with Gasteiger partial charge in [0.15, 0.2) is 0 Å². The van der Waals surface area contributed by atoms with Gasteiger partial charge in [0, 0.05) is 20.0 Å². The highest BCUT2D eigenvalue weighted by atomic mass is 16.4. The highest BCUT2D eigenvalue weighted by Gasteiger charge is 2.28. The Morgan fingerprint density at radius 1 is 1.29 bits per heavy atom. The molecule has 1 saturated heterocycles. The minimum absolute atomic E-state index is 0.0141. The summed E-state index contributed by atoms with van der Waals surface area (Å²) < 4.78 is 5.46. The number of carbonyl (C=O) groups is 2. The number of aromatic nitrogens is 1. The van der Waals surface area contributed by atoms with E-state index in [-0.39, 0.29) is 17.7 Å². The van der Waals surface area contributed by atoms with Gasteiger partial charge in [0.25, 0.3) is 5.89 Å². The lowest BCUT2D eigenvalue weighted by Gasteiger charge is -2.14. The summed E-state index contributed by atoms with van der Waals surface area (Å²) in [5.74, 6) is 0.428. The fraction of sp³-hybridized carbons (Fsp3) is 0.643. The molecule has 2 aliphatic rings. The maximum Gasteiger partial charge on any atom is 0.307 e. The van der Waals surface area contributed by atoms with Crippen molar-refractivity contribution in [2.45, 2.75) is 32.9 Å². The first-order valence-electron chi connectivity index (χ1n) is 7.38. The minimum Gasteiger partial charge on any atom is -0.435 e. The second-order valence-electron chi connectivity index (χ2n) is 5.57. The summed E-state index contributed by atoms with van der Waals surface area (Å²) in [5.41, 5.74) is 0.690. The summed E-state index contributed by atoms with van der Waals surface area (Å²) in [4.78, 5) is 31.4. The lowest BCUT2D eigenvalue weighted by molar-refractivity contribution is -0.129. The number of amides is 2. The Balaban J connectivity index is 1.50. The van der Waals surface area contributed by atoms with Gasteiger partial charge in [-0.25, -0.2) is 4.98 Å². The van der Waals surface area contributed by atoms with Crippen LogP contribution < -0.4 is 5.32 Å². The van der Waals surface area contributed by atoms with E-state index in [0.717, 1.165) is 19.6 Å². The van der Waals surface area contributed by atoms with Gasteiger partial charge in [-0.15, -0.1) is 0 Å². The van der Waals surface area contributed by atoms with Crippen molar-refractivity contribution in [3.05, 3.63) is 17.3 Å². The Morgan fingerprint density at radius 3 is 2.71 bits per heavy atom. The van der Waals surface area contributed by atoms with E-state index in [1.54, 1.807) is 4.90 Å². The first-order chi connectivity index (χ1) is 10.1. The molecule has 0 bridgehead atoms. The molecule has 1 aromatic heterocycles. The van der Waals surface area contributed by atoms with Crippen LogP contribution in [0.1, 0.15) is 41.9 Å². The van der Waals surface area contributed by atoms with Gasteiger partial charge in [-0.05, 0) is 25.9 Å². The molecule has 1 aromatic rings. The second-order valence-corrected chi connectivity index (χ2v) is 5.57. The summed E-state index contributed by atoms with van der Waals surface area (Å²) in [6, 6.07) is 0. The monoisotopic (exact) mass is 292 g/mol. The number of hydrogen-bond acceptors (Lipinski definition) is 5. The van der Waals surface area contributed by atoms with Crippen LogP contribution in [-0.4, -0.2) is 52.8 Å². The molecule has 3 heterocycles. The maximum atomic E-state index is 12.0. The van der Waals surface area contributed by atoms with E-state index in [0.29, 0.717) is 31.1 Å². The molecule has 2 aliphatic heterocycles. The fourth-order valence-corrected chi connectivity index (χ4v) is 2.77. The van der Waals surface area contributed by atoms with Crippen LogP contribution in [0, 0.1) is 0 Å². The summed E-state index contributed by atoms with van der Waals surface area (Å²) >= 11 is 0. The van der Waals surface area contributed by atoms with Crippen molar-refractivity contribution >= 4 is 11.8 Å². The van der Waals surface area contributed by atoms with Gasteiger partial charge in [-0.3, -0.25) is 9.59 Å². The average molecular weight is 292 g/mol. The predicted molar refractivity (Wildman–Crippen MR) is 74.4 cm³/mol. The SMILES string of the molecule is CC(=O)N1Cc2nc(C(=O)NCCN3CCCC3)oc2C1. The molecule has 0 aliphatic carbocycles. The molecule has 0 spiro atoms. The summed E-state index contributed by atoms with van der Waals surface area (Å²) in [7, 11) is 0. The van der Waals surface area contributed by atoms with Crippen molar-refractivity contribution in [1.82, 2.24) is 20.1 Å². The summed E-state index contributed by atoms with van der Waals surface area (Å²) in [6.45, 7) is 6.04. The third kappa shape index (κ3) is 3.07. The number of carbonyl (C=O) groups excluding carboxylic acids is 2. The lowest BCUT2D eigenvalue weighted by atomic mass is 10.4. The van der Waals surface area contributed by atoms with Crippen LogP contribution in [0.25, 0.3) is 0 Å². The molecule has 7 heteroatoms. The molecule has 3 rings (SSSR count). The van der Waals surface area contributed by atoms with Gasteiger partial charge < -0.3 is 19.5 Å². The van der Waals surface area contributed by atoms with Crippen LogP contribution in [-0.2, 0) is 17.9 Å². The highest BCUT2D eigenvalue weighted by molar-refractivity contribution is 5.89. The molecular weight excluding hydrogens is 272 g/mol. The van der Waals surface area contributed by atoms with Gasteiger partial charge in [0.1, 0.15) is 11.5 Å². The van der Waals surface area contributed by atoms with Gasteiger partial charge in [0.2, 0.25) is 5.91 Å². The summed E-state index contributed by atoms with van der Waals surface area (Å²) in [5, 5.41) is 2.83. The molecule has 114 valence electrons. The van der Waals surface area contributed by atoms with Crippen LogP contribution in [0.2, 0.25) is 0 Å². The third-order valence-electron chi connectivity index (χ3n) is 4.01.